The Morgan fingerprint density at radius 1 is 1.46 bits per heavy atom. The molecule has 2 unspecified atom stereocenters. The quantitative estimate of drug-likeness (QED) is 0.648. The van der Waals surface area contributed by atoms with Crippen LogP contribution in [0.15, 0.2) is 0 Å². The number of rotatable bonds is 1. The molecule has 3 heteroatoms. The highest BCUT2D eigenvalue weighted by Crippen LogP contribution is 2.29. The van der Waals surface area contributed by atoms with E-state index >= 15 is 0 Å². The van der Waals surface area contributed by atoms with Crippen molar-refractivity contribution in [1.82, 2.24) is 4.90 Å². The zero-order valence-corrected chi connectivity index (χ0v) is 8.62. The number of nitrogens with two attached hydrogens (primary N) is 1. The normalized spacial score (nSPS) is 39.9. The van der Waals surface area contributed by atoms with Gasteiger partial charge in [0.1, 0.15) is 0 Å². The maximum Gasteiger partial charge on any atom is 0.0643 e. The molecule has 76 valence electrons. The van der Waals surface area contributed by atoms with Crippen molar-refractivity contribution < 1.29 is 4.74 Å². The lowest BCUT2D eigenvalue weighted by atomic mass is 10.0. The molecule has 2 rings (SSSR count). The Bertz CT molecular complexity index is 193. The molecule has 2 heterocycles. The first-order valence-corrected chi connectivity index (χ1v) is 5.20. The molecule has 2 aliphatic heterocycles. The fourth-order valence-corrected chi connectivity index (χ4v) is 2.39. The third-order valence-corrected chi connectivity index (χ3v) is 3.17. The van der Waals surface area contributed by atoms with Crippen molar-refractivity contribution in [2.45, 2.75) is 44.4 Å². The van der Waals surface area contributed by atoms with Crippen LogP contribution in [-0.2, 0) is 4.74 Å². The Morgan fingerprint density at radius 2 is 2.23 bits per heavy atom. The van der Waals surface area contributed by atoms with Gasteiger partial charge < -0.3 is 10.5 Å². The van der Waals surface area contributed by atoms with E-state index in [-0.39, 0.29) is 5.60 Å². The molecular weight excluding hydrogens is 164 g/mol. The Hall–Kier alpha value is -0.120. The molecule has 3 nitrogen and oxygen atoms in total. The lowest BCUT2D eigenvalue weighted by Crippen LogP contribution is -2.36. The molecule has 2 atom stereocenters. The third-order valence-electron chi connectivity index (χ3n) is 3.17. The third kappa shape index (κ3) is 2.03. The largest absolute Gasteiger partial charge is 0.374 e. The van der Waals surface area contributed by atoms with E-state index in [9.17, 15) is 0 Å². The van der Waals surface area contributed by atoms with Gasteiger partial charge >= 0.3 is 0 Å². The average Bonchev–Trinajstić information content (AvgIpc) is 2.56. The monoisotopic (exact) mass is 184 g/mol. The average molecular weight is 184 g/mol. The van der Waals surface area contributed by atoms with Gasteiger partial charge in [0.05, 0.1) is 12.2 Å². The molecule has 13 heavy (non-hydrogen) atoms. The first kappa shape index (κ1) is 9.44. The smallest absolute Gasteiger partial charge is 0.0643 e. The van der Waals surface area contributed by atoms with Gasteiger partial charge in [0.25, 0.3) is 0 Å². The molecule has 0 saturated carbocycles. The zero-order valence-electron chi connectivity index (χ0n) is 8.62. The molecular formula is C10H20N2O. The van der Waals surface area contributed by atoms with Gasteiger partial charge in [-0.3, -0.25) is 4.90 Å². The maximum absolute atomic E-state index is 5.88. The van der Waals surface area contributed by atoms with Crippen LogP contribution in [0.25, 0.3) is 0 Å². The fraction of sp³-hybridized carbons (Fsp3) is 1.00. The second-order valence-corrected chi connectivity index (χ2v) is 4.97. The Balaban J connectivity index is 1.89. The minimum atomic E-state index is 0.0807. The maximum atomic E-state index is 5.88. The van der Waals surface area contributed by atoms with Crippen molar-refractivity contribution in [2.24, 2.45) is 5.73 Å². The standard InChI is InChI=1S/C10H20N2O/c1-10(2)5-9(7-13-10)12-4-3-8(11)6-12/h8-9H,3-7,11H2,1-2H3. The van der Waals surface area contributed by atoms with Crippen molar-refractivity contribution >= 4 is 0 Å². The molecule has 2 saturated heterocycles. The minimum absolute atomic E-state index is 0.0807. The van der Waals surface area contributed by atoms with Crippen LogP contribution in [0, 0.1) is 0 Å². The molecule has 2 fully saturated rings. The van der Waals surface area contributed by atoms with Gasteiger partial charge in [0.15, 0.2) is 0 Å². The molecule has 2 N–H and O–H groups in total. The number of nitrogens with zero attached hydrogens (tertiary/aromatic N) is 1. The molecule has 0 aromatic rings. The highest BCUT2D eigenvalue weighted by atomic mass is 16.5. The van der Waals surface area contributed by atoms with Crippen LogP contribution in [0.3, 0.4) is 0 Å². The van der Waals surface area contributed by atoms with Gasteiger partial charge in [-0.2, -0.15) is 0 Å². The summed E-state index contributed by atoms with van der Waals surface area (Å²) in [7, 11) is 0. The second-order valence-electron chi connectivity index (χ2n) is 4.97. The van der Waals surface area contributed by atoms with Gasteiger partial charge in [-0.25, -0.2) is 0 Å². The summed E-state index contributed by atoms with van der Waals surface area (Å²) in [6, 6.07) is 1.01. The molecule has 0 radical (unpaired) electrons. The first-order valence-electron chi connectivity index (χ1n) is 5.20. The van der Waals surface area contributed by atoms with Crippen LogP contribution in [-0.4, -0.2) is 42.3 Å². The van der Waals surface area contributed by atoms with Crippen molar-refractivity contribution in [3.8, 4) is 0 Å². The highest BCUT2D eigenvalue weighted by Gasteiger charge is 2.37. The summed E-state index contributed by atoms with van der Waals surface area (Å²) in [6.45, 7) is 7.45. The van der Waals surface area contributed by atoms with Crippen LogP contribution in [0.2, 0.25) is 0 Å². The van der Waals surface area contributed by atoms with Gasteiger partial charge in [-0.1, -0.05) is 0 Å². The summed E-state index contributed by atoms with van der Waals surface area (Å²) in [5.74, 6) is 0. The number of likely N-dealkylation sites (tertiary alicyclic amines) is 1. The predicted molar refractivity (Wildman–Crippen MR) is 52.6 cm³/mol. The SMILES string of the molecule is CC1(C)CC(N2CCC(N)C2)CO1. The summed E-state index contributed by atoms with van der Waals surface area (Å²) in [5.41, 5.74) is 5.96. The minimum Gasteiger partial charge on any atom is -0.374 e. The van der Waals surface area contributed by atoms with Crippen molar-refractivity contribution in [3.63, 3.8) is 0 Å². The highest BCUT2D eigenvalue weighted by molar-refractivity contribution is 4.91. The Morgan fingerprint density at radius 3 is 2.69 bits per heavy atom. The van der Waals surface area contributed by atoms with Gasteiger partial charge in [-0.05, 0) is 26.7 Å². The lowest BCUT2D eigenvalue weighted by Gasteiger charge is -2.23. The molecule has 0 aliphatic carbocycles. The van der Waals surface area contributed by atoms with Crippen molar-refractivity contribution in [1.29, 1.82) is 0 Å². The van der Waals surface area contributed by atoms with E-state index < -0.39 is 0 Å². The van der Waals surface area contributed by atoms with E-state index in [0.717, 1.165) is 32.5 Å². The Labute approximate surface area is 80.2 Å². The summed E-state index contributed by atoms with van der Waals surface area (Å²) in [6.07, 6.45) is 2.30. The lowest BCUT2D eigenvalue weighted by molar-refractivity contribution is 0.0335. The van der Waals surface area contributed by atoms with E-state index in [2.05, 4.69) is 18.7 Å². The number of ether oxygens (including phenoxy) is 1. The van der Waals surface area contributed by atoms with Crippen LogP contribution in [0.1, 0.15) is 26.7 Å². The summed E-state index contributed by atoms with van der Waals surface area (Å²) < 4.78 is 5.72. The van der Waals surface area contributed by atoms with E-state index in [0.29, 0.717) is 12.1 Å². The van der Waals surface area contributed by atoms with Gasteiger partial charge in [0, 0.05) is 25.2 Å². The van der Waals surface area contributed by atoms with E-state index in [1.165, 1.54) is 0 Å². The molecule has 0 bridgehead atoms. The van der Waals surface area contributed by atoms with Gasteiger partial charge in [-0.15, -0.1) is 0 Å². The summed E-state index contributed by atoms with van der Waals surface area (Å²) in [4.78, 5) is 2.49. The zero-order chi connectivity index (χ0) is 9.47. The van der Waals surface area contributed by atoms with Crippen LogP contribution in [0.5, 0.6) is 0 Å². The van der Waals surface area contributed by atoms with Crippen LogP contribution < -0.4 is 5.73 Å². The fourth-order valence-electron chi connectivity index (χ4n) is 2.39. The first-order chi connectivity index (χ1) is 6.07. The van der Waals surface area contributed by atoms with Crippen LogP contribution in [0.4, 0.5) is 0 Å². The molecule has 0 aromatic heterocycles. The molecule has 0 aromatic carbocycles. The summed E-state index contributed by atoms with van der Waals surface area (Å²) in [5, 5.41) is 0. The predicted octanol–water partition coefficient (Wildman–Crippen LogP) is 0.587. The van der Waals surface area contributed by atoms with Crippen LogP contribution >= 0.6 is 0 Å². The van der Waals surface area contributed by atoms with E-state index in [1.807, 2.05) is 0 Å². The molecule has 0 spiro atoms. The summed E-state index contributed by atoms with van der Waals surface area (Å²) >= 11 is 0. The van der Waals surface area contributed by atoms with Gasteiger partial charge in [0.2, 0.25) is 0 Å². The van der Waals surface area contributed by atoms with E-state index in [1.54, 1.807) is 0 Å². The van der Waals surface area contributed by atoms with Crippen molar-refractivity contribution in [3.05, 3.63) is 0 Å². The number of hydrogen-bond donors (Lipinski definition) is 1. The van der Waals surface area contributed by atoms with Crippen molar-refractivity contribution in [2.75, 3.05) is 19.7 Å². The second kappa shape index (κ2) is 3.23. The molecule has 0 amide bonds. The topological polar surface area (TPSA) is 38.5 Å². The Kier molecular flexibility index (Phi) is 2.34. The molecule has 2 aliphatic rings. The van der Waals surface area contributed by atoms with E-state index in [4.69, 9.17) is 10.5 Å². The number of hydrogen-bond acceptors (Lipinski definition) is 3.